The van der Waals surface area contributed by atoms with Crippen molar-refractivity contribution in [1.29, 1.82) is 0 Å². The SMILES string of the molecule is CC.CC.CC.CC.CC.CC.CC(C)CCc1ccccc1.CC(C)c1ccccc1.CCCC(C)C. The Morgan fingerprint density at radius 3 is 0.974 bits per heavy atom. The van der Waals surface area contributed by atoms with E-state index in [1.807, 2.05) is 89.2 Å². The standard InChI is InChI=1S/C11H16.C9H12.C6H14.6C2H6/c1-10(2)8-9-11-6-4-3-5-7-11;1-8(2)9-6-4-3-5-7-9;1-4-5-6(2)3;6*1-2/h3-7,10H,8-9H2,1-2H3;3-8H,1-2H3;6H,4-5H2,1-3H3;6*1-2H3. The lowest BCUT2D eigenvalue weighted by molar-refractivity contribution is 0.576. The Balaban J connectivity index is -0.0000000645. The van der Waals surface area contributed by atoms with Crippen LogP contribution < -0.4 is 0 Å². The highest BCUT2D eigenvalue weighted by Crippen LogP contribution is 2.11. The third-order valence-corrected chi connectivity index (χ3v) is 4.19. The van der Waals surface area contributed by atoms with E-state index in [1.54, 1.807) is 0 Å². The summed E-state index contributed by atoms with van der Waals surface area (Å²) in [6.45, 7) is 39.7. The lowest BCUT2D eigenvalue weighted by Gasteiger charge is -2.03. The first-order valence-corrected chi connectivity index (χ1v) is 16.5. The van der Waals surface area contributed by atoms with Gasteiger partial charge in [0.05, 0.1) is 0 Å². The van der Waals surface area contributed by atoms with Crippen LogP contribution in [0.5, 0.6) is 0 Å². The summed E-state index contributed by atoms with van der Waals surface area (Å²) in [6.07, 6.45) is 5.22. The van der Waals surface area contributed by atoms with Crippen molar-refractivity contribution in [3.05, 3.63) is 71.8 Å². The van der Waals surface area contributed by atoms with Crippen LogP contribution in [0, 0.1) is 11.8 Å². The lowest BCUT2D eigenvalue weighted by atomic mass is 10.0. The van der Waals surface area contributed by atoms with Crippen molar-refractivity contribution in [2.24, 2.45) is 11.8 Å². The molecule has 0 bridgehead atoms. The van der Waals surface area contributed by atoms with E-state index in [0.29, 0.717) is 5.92 Å². The summed E-state index contributed by atoms with van der Waals surface area (Å²) in [5.41, 5.74) is 2.87. The molecule has 0 heterocycles. The van der Waals surface area contributed by atoms with Crippen LogP contribution in [-0.2, 0) is 6.42 Å². The van der Waals surface area contributed by atoms with Crippen molar-refractivity contribution in [2.45, 2.75) is 163 Å². The molecule has 0 aliphatic heterocycles. The molecular formula is C38H78. The molecule has 0 aliphatic carbocycles. The Kier molecular flexibility index (Phi) is 77.6. The van der Waals surface area contributed by atoms with Gasteiger partial charge in [-0.25, -0.2) is 0 Å². The van der Waals surface area contributed by atoms with Gasteiger partial charge in [-0.1, -0.05) is 205 Å². The van der Waals surface area contributed by atoms with Crippen LogP contribution in [0.25, 0.3) is 0 Å². The minimum atomic E-state index is 0.659. The average Bonchev–Trinajstić information content (AvgIpc) is 3.00. The maximum atomic E-state index is 2.27. The second-order valence-electron chi connectivity index (χ2n) is 8.17. The van der Waals surface area contributed by atoms with Gasteiger partial charge < -0.3 is 0 Å². The molecule has 0 N–H and O–H groups in total. The Hall–Kier alpha value is -1.56. The third-order valence-electron chi connectivity index (χ3n) is 4.19. The normalized spacial score (nSPS) is 7.95. The van der Waals surface area contributed by atoms with Gasteiger partial charge in [0, 0.05) is 0 Å². The number of aryl methyl sites for hydroxylation is 1. The molecule has 0 unspecified atom stereocenters. The predicted octanol–water partition coefficient (Wildman–Crippen LogP) is 14.7. The largest absolute Gasteiger partial charge is 0.0683 e. The number of hydrogen-bond acceptors (Lipinski definition) is 0. The van der Waals surface area contributed by atoms with Crippen molar-refractivity contribution in [1.82, 2.24) is 0 Å². The molecule has 0 nitrogen and oxygen atoms in total. The molecule has 0 fully saturated rings. The second kappa shape index (κ2) is 55.8. The van der Waals surface area contributed by atoms with Crippen LogP contribution in [0.4, 0.5) is 0 Å². The zero-order chi connectivity index (χ0) is 31.8. The molecule has 0 heteroatoms. The van der Waals surface area contributed by atoms with Crippen molar-refractivity contribution in [3.8, 4) is 0 Å². The van der Waals surface area contributed by atoms with E-state index in [0.717, 1.165) is 11.8 Å². The molecule has 0 atom stereocenters. The van der Waals surface area contributed by atoms with E-state index in [9.17, 15) is 0 Å². The first kappa shape index (κ1) is 52.8. The number of benzene rings is 2. The van der Waals surface area contributed by atoms with Gasteiger partial charge in [0.1, 0.15) is 0 Å². The minimum absolute atomic E-state index is 0.659. The van der Waals surface area contributed by atoms with Crippen LogP contribution in [-0.4, -0.2) is 0 Å². The molecule has 0 aromatic heterocycles. The molecule has 0 saturated heterocycles. The van der Waals surface area contributed by atoms with Crippen LogP contribution in [0.15, 0.2) is 60.7 Å². The molecule has 0 amide bonds. The van der Waals surface area contributed by atoms with Crippen LogP contribution in [0.3, 0.4) is 0 Å². The summed E-state index contributed by atoms with van der Waals surface area (Å²) in [5, 5.41) is 0. The van der Waals surface area contributed by atoms with Crippen LogP contribution in [0.1, 0.15) is 168 Å². The molecule has 0 saturated carbocycles. The van der Waals surface area contributed by atoms with Crippen LogP contribution in [0.2, 0.25) is 0 Å². The molecule has 0 spiro atoms. The van der Waals surface area contributed by atoms with E-state index in [1.165, 1.54) is 36.8 Å². The summed E-state index contributed by atoms with van der Waals surface area (Å²) >= 11 is 0. The highest BCUT2D eigenvalue weighted by atomic mass is 14.0. The summed E-state index contributed by atoms with van der Waals surface area (Å²) in [4.78, 5) is 0. The molecule has 2 rings (SSSR count). The molecule has 230 valence electrons. The monoisotopic (exact) mass is 535 g/mol. The van der Waals surface area contributed by atoms with E-state index >= 15 is 0 Å². The second-order valence-corrected chi connectivity index (χ2v) is 8.17. The van der Waals surface area contributed by atoms with E-state index in [-0.39, 0.29) is 0 Å². The molecule has 2 aromatic carbocycles. The van der Waals surface area contributed by atoms with Gasteiger partial charge >= 0.3 is 0 Å². The summed E-state index contributed by atoms with van der Waals surface area (Å²) in [7, 11) is 0. The van der Waals surface area contributed by atoms with Gasteiger partial charge in [-0.2, -0.15) is 0 Å². The van der Waals surface area contributed by atoms with Crippen molar-refractivity contribution in [3.63, 3.8) is 0 Å². The third kappa shape index (κ3) is 55.1. The van der Waals surface area contributed by atoms with Crippen molar-refractivity contribution < 1.29 is 0 Å². The van der Waals surface area contributed by atoms with Crippen LogP contribution >= 0.6 is 0 Å². The first-order chi connectivity index (χ1) is 18.4. The smallest absolute Gasteiger partial charge is 0.0219 e. The maximum Gasteiger partial charge on any atom is -0.0219 e. The number of rotatable bonds is 6. The van der Waals surface area contributed by atoms with E-state index < -0.39 is 0 Å². The molecule has 38 heavy (non-hydrogen) atoms. The summed E-state index contributed by atoms with van der Waals surface area (Å²) in [5.74, 6) is 2.37. The van der Waals surface area contributed by atoms with Crippen molar-refractivity contribution >= 4 is 0 Å². The Bertz CT molecular complexity index is 508. The minimum Gasteiger partial charge on any atom is -0.0683 e. The topological polar surface area (TPSA) is 0 Å². The first-order valence-electron chi connectivity index (χ1n) is 16.5. The molecular weight excluding hydrogens is 456 g/mol. The summed E-state index contributed by atoms with van der Waals surface area (Å²) < 4.78 is 0. The van der Waals surface area contributed by atoms with Gasteiger partial charge in [0.2, 0.25) is 0 Å². The Labute approximate surface area is 246 Å². The van der Waals surface area contributed by atoms with Gasteiger partial charge in [-0.15, -0.1) is 0 Å². The highest BCUT2D eigenvalue weighted by Gasteiger charge is 1.95. The Morgan fingerprint density at radius 1 is 0.447 bits per heavy atom. The Morgan fingerprint density at radius 2 is 0.763 bits per heavy atom. The summed E-state index contributed by atoms with van der Waals surface area (Å²) in [6, 6.07) is 21.2. The van der Waals surface area contributed by atoms with Crippen molar-refractivity contribution in [2.75, 3.05) is 0 Å². The molecule has 0 radical (unpaired) electrons. The lowest BCUT2D eigenvalue weighted by Crippen LogP contribution is -1.91. The van der Waals surface area contributed by atoms with E-state index in [2.05, 4.69) is 103 Å². The molecule has 2 aromatic rings. The van der Waals surface area contributed by atoms with Gasteiger partial charge in [0.15, 0.2) is 0 Å². The fourth-order valence-corrected chi connectivity index (χ4v) is 2.52. The fraction of sp³-hybridized carbons (Fsp3) is 0.684. The zero-order valence-corrected chi connectivity index (χ0v) is 30.3. The maximum absolute atomic E-state index is 2.27. The van der Waals surface area contributed by atoms with Gasteiger partial charge in [-0.05, 0) is 41.7 Å². The quantitative estimate of drug-likeness (QED) is 0.345. The molecule has 0 aliphatic rings. The van der Waals surface area contributed by atoms with E-state index in [4.69, 9.17) is 0 Å². The predicted molar refractivity (Wildman–Crippen MR) is 188 cm³/mol. The van der Waals surface area contributed by atoms with Gasteiger partial charge in [0.25, 0.3) is 0 Å². The highest BCUT2D eigenvalue weighted by molar-refractivity contribution is 5.17. The zero-order valence-electron chi connectivity index (χ0n) is 30.3. The average molecular weight is 535 g/mol. The van der Waals surface area contributed by atoms with Gasteiger partial charge in [-0.3, -0.25) is 0 Å². The number of hydrogen-bond donors (Lipinski definition) is 0. The fourth-order valence-electron chi connectivity index (χ4n) is 2.52.